The number of nitrogens with zero attached hydrogens (tertiary/aromatic N) is 3. The van der Waals surface area contributed by atoms with E-state index in [0.29, 0.717) is 35.1 Å². The number of hydrogen-bond donors (Lipinski definition) is 1. The Morgan fingerprint density at radius 1 is 1.13 bits per heavy atom. The minimum Gasteiger partial charge on any atom is -0.493 e. The van der Waals surface area contributed by atoms with Crippen LogP contribution in [0.1, 0.15) is 22.8 Å². The Kier molecular flexibility index (Phi) is 5.34. The Hall–Kier alpha value is -3.87. The van der Waals surface area contributed by atoms with E-state index in [-0.39, 0.29) is 5.91 Å². The summed E-state index contributed by atoms with van der Waals surface area (Å²) >= 11 is 0. The molecule has 1 N–H and O–H groups in total. The maximum Gasteiger partial charge on any atom is 0.259 e. The molecule has 0 saturated heterocycles. The van der Waals surface area contributed by atoms with Gasteiger partial charge in [0, 0.05) is 17.3 Å². The van der Waals surface area contributed by atoms with Gasteiger partial charge in [0.25, 0.3) is 5.91 Å². The maximum atomic E-state index is 12.9. The number of aryl methyl sites for hydroxylation is 1. The molecule has 4 rings (SSSR count). The van der Waals surface area contributed by atoms with Gasteiger partial charge in [0.15, 0.2) is 5.65 Å². The first-order valence-electron chi connectivity index (χ1n) is 9.63. The Labute approximate surface area is 174 Å². The molecule has 0 bridgehead atoms. The number of hydrogen-bond acceptors (Lipinski definition) is 5. The second-order valence-electron chi connectivity index (χ2n) is 6.72. The summed E-state index contributed by atoms with van der Waals surface area (Å²) in [4.78, 5) is 17.5. The van der Waals surface area contributed by atoms with Crippen molar-refractivity contribution < 1.29 is 14.3 Å². The molecule has 152 valence electrons. The van der Waals surface area contributed by atoms with E-state index in [1.54, 1.807) is 29.8 Å². The molecule has 0 fully saturated rings. The molecule has 0 aliphatic carbocycles. The highest BCUT2D eigenvalue weighted by Crippen LogP contribution is 2.27. The Morgan fingerprint density at radius 2 is 1.97 bits per heavy atom. The summed E-state index contributed by atoms with van der Waals surface area (Å²) in [6.45, 7) is 4.33. The lowest BCUT2D eigenvalue weighted by molar-refractivity contribution is 0.102. The van der Waals surface area contributed by atoms with E-state index in [4.69, 9.17) is 9.47 Å². The first-order valence-corrected chi connectivity index (χ1v) is 9.63. The van der Waals surface area contributed by atoms with Crippen LogP contribution in [0.5, 0.6) is 11.6 Å². The number of carbonyl (C=O) groups excluding carboxylic acids is 1. The van der Waals surface area contributed by atoms with E-state index in [1.807, 2.05) is 56.4 Å². The predicted octanol–water partition coefficient (Wildman–Crippen LogP) is 4.36. The third-order valence-electron chi connectivity index (χ3n) is 4.72. The second-order valence-corrected chi connectivity index (χ2v) is 6.72. The number of ether oxygens (including phenoxy) is 2. The van der Waals surface area contributed by atoms with E-state index in [1.165, 1.54) is 0 Å². The smallest absolute Gasteiger partial charge is 0.259 e. The van der Waals surface area contributed by atoms with Crippen LogP contribution in [0.15, 0.2) is 60.8 Å². The maximum absolute atomic E-state index is 12.9. The van der Waals surface area contributed by atoms with E-state index in [9.17, 15) is 4.79 Å². The quantitative estimate of drug-likeness (QED) is 0.518. The fourth-order valence-electron chi connectivity index (χ4n) is 3.15. The number of anilines is 1. The number of benzene rings is 2. The average molecular weight is 402 g/mol. The van der Waals surface area contributed by atoms with Crippen molar-refractivity contribution >= 4 is 17.2 Å². The van der Waals surface area contributed by atoms with E-state index in [0.717, 1.165) is 16.8 Å². The van der Waals surface area contributed by atoms with Crippen molar-refractivity contribution in [2.24, 2.45) is 0 Å². The molecule has 1 amide bonds. The molecule has 0 radical (unpaired) electrons. The molecule has 30 heavy (non-hydrogen) atoms. The zero-order chi connectivity index (χ0) is 21.1. The van der Waals surface area contributed by atoms with Crippen molar-refractivity contribution in [2.45, 2.75) is 13.8 Å². The Morgan fingerprint density at radius 3 is 2.77 bits per heavy atom. The third kappa shape index (κ3) is 3.82. The van der Waals surface area contributed by atoms with Gasteiger partial charge in [-0.15, -0.1) is 5.10 Å². The molecule has 2 aromatic heterocycles. The average Bonchev–Trinajstić information content (AvgIpc) is 3.19. The van der Waals surface area contributed by atoms with E-state index >= 15 is 0 Å². The minimum absolute atomic E-state index is 0.222. The Balaban J connectivity index is 1.65. The summed E-state index contributed by atoms with van der Waals surface area (Å²) in [5.74, 6) is 0.851. The van der Waals surface area contributed by atoms with Gasteiger partial charge in [0.05, 0.1) is 31.2 Å². The number of carbonyl (C=O) groups is 1. The minimum atomic E-state index is -0.222. The zero-order valence-electron chi connectivity index (χ0n) is 17.0. The lowest BCUT2D eigenvalue weighted by Crippen LogP contribution is -2.14. The third-order valence-corrected chi connectivity index (χ3v) is 4.72. The summed E-state index contributed by atoms with van der Waals surface area (Å²) in [7, 11) is 1.57. The SMILES string of the molecule is CCOc1ccccc1C(=O)Nc1cc(-c2cn3nc(OC)ccc3n2)ccc1C. The van der Waals surface area contributed by atoms with Crippen molar-refractivity contribution in [3.63, 3.8) is 0 Å². The van der Waals surface area contributed by atoms with Crippen LogP contribution in [0.25, 0.3) is 16.9 Å². The highest BCUT2D eigenvalue weighted by atomic mass is 16.5. The first kappa shape index (κ1) is 19.4. The van der Waals surface area contributed by atoms with Crippen molar-refractivity contribution in [1.29, 1.82) is 0 Å². The Bertz CT molecular complexity index is 1220. The van der Waals surface area contributed by atoms with Gasteiger partial charge in [0.2, 0.25) is 5.88 Å². The number of para-hydroxylation sites is 1. The molecule has 7 heteroatoms. The van der Waals surface area contributed by atoms with E-state index in [2.05, 4.69) is 15.4 Å². The summed E-state index contributed by atoms with van der Waals surface area (Å²) in [5, 5.41) is 7.34. The number of amides is 1. The number of methoxy groups -OCH3 is 1. The summed E-state index contributed by atoms with van der Waals surface area (Å²) < 4.78 is 12.4. The number of aromatic nitrogens is 3. The van der Waals surface area contributed by atoms with Crippen LogP contribution in [0.4, 0.5) is 5.69 Å². The zero-order valence-corrected chi connectivity index (χ0v) is 17.0. The molecular weight excluding hydrogens is 380 g/mol. The lowest BCUT2D eigenvalue weighted by atomic mass is 10.1. The van der Waals surface area contributed by atoms with Gasteiger partial charge in [0.1, 0.15) is 5.75 Å². The van der Waals surface area contributed by atoms with Gasteiger partial charge < -0.3 is 14.8 Å². The molecule has 4 aromatic rings. The molecule has 0 saturated carbocycles. The standard InChI is InChI=1S/C23H22N4O3/c1-4-30-20-8-6-5-7-17(20)23(28)25-18-13-16(10-9-15(18)2)19-14-27-21(24-19)11-12-22(26-27)29-3/h5-14H,4H2,1-3H3,(H,25,28). The number of rotatable bonds is 6. The van der Waals surface area contributed by atoms with Gasteiger partial charge in [-0.3, -0.25) is 4.79 Å². The molecule has 0 atom stereocenters. The molecule has 7 nitrogen and oxygen atoms in total. The molecule has 2 aromatic carbocycles. The van der Waals surface area contributed by atoms with Crippen molar-refractivity contribution in [2.75, 3.05) is 19.0 Å². The highest BCUT2D eigenvalue weighted by molar-refractivity contribution is 6.06. The normalized spacial score (nSPS) is 10.8. The number of imidazole rings is 1. The predicted molar refractivity (Wildman–Crippen MR) is 115 cm³/mol. The monoisotopic (exact) mass is 402 g/mol. The largest absolute Gasteiger partial charge is 0.493 e. The van der Waals surface area contributed by atoms with Crippen LogP contribution in [0.2, 0.25) is 0 Å². The van der Waals surface area contributed by atoms with Crippen molar-refractivity contribution in [3.05, 3.63) is 71.9 Å². The summed E-state index contributed by atoms with van der Waals surface area (Å²) in [6, 6.07) is 16.7. The van der Waals surface area contributed by atoms with Gasteiger partial charge in [-0.25, -0.2) is 9.50 Å². The van der Waals surface area contributed by atoms with Crippen LogP contribution in [0.3, 0.4) is 0 Å². The lowest BCUT2D eigenvalue weighted by Gasteiger charge is -2.12. The van der Waals surface area contributed by atoms with Crippen LogP contribution in [-0.4, -0.2) is 34.2 Å². The van der Waals surface area contributed by atoms with Crippen LogP contribution < -0.4 is 14.8 Å². The van der Waals surface area contributed by atoms with Crippen LogP contribution in [0, 0.1) is 6.92 Å². The van der Waals surface area contributed by atoms with Crippen LogP contribution >= 0.6 is 0 Å². The van der Waals surface area contributed by atoms with Crippen molar-refractivity contribution in [3.8, 4) is 22.9 Å². The van der Waals surface area contributed by atoms with Gasteiger partial charge in [-0.1, -0.05) is 24.3 Å². The molecular formula is C23H22N4O3. The molecule has 2 heterocycles. The molecule has 0 aliphatic rings. The molecule has 0 aliphatic heterocycles. The number of fused-ring (bicyclic) bond motifs is 1. The van der Waals surface area contributed by atoms with Crippen molar-refractivity contribution in [1.82, 2.24) is 14.6 Å². The summed E-state index contributed by atoms with van der Waals surface area (Å²) in [6.07, 6.45) is 1.83. The van der Waals surface area contributed by atoms with Crippen LogP contribution in [-0.2, 0) is 0 Å². The van der Waals surface area contributed by atoms with Gasteiger partial charge in [-0.2, -0.15) is 0 Å². The topological polar surface area (TPSA) is 77.8 Å². The van der Waals surface area contributed by atoms with Gasteiger partial charge in [-0.05, 0) is 43.7 Å². The summed E-state index contributed by atoms with van der Waals surface area (Å²) in [5.41, 5.74) is 4.49. The fraction of sp³-hybridized carbons (Fsp3) is 0.174. The molecule has 0 unspecified atom stereocenters. The second kappa shape index (κ2) is 8.24. The molecule has 0 spiro atoms. The fourth-order valence-corrected chi connectivity index (χ4v) is 3.15. The van der Waals surface area contributed by atoms with Gasteiger partial charge >= 0.3 is 0 Å². The number of nitrogens with one attached hydrogen (secondary N) is 1. The highest BCUT2D eigenvalue weighted by Gasteiger charge is 2.14. The first-order chi connectivity index (χ1) is 14.6. The van der Waals surface area contributed by atoms with E-state index < -0.39 is 0 Å².